The zero-order chi connectivity index (χ0) is 14.7. The number of nitrogens with zero attached hydrogens (tertiary/aromatic N) is 1. The zero-order valence-electron chi connectivity index (χ0n) is 10.9. The van der Waals surface area contributed by atoms with Crippen molar-refractivity contribution in [2.75, 3.05) is 16.9 Å². The Morgan fingerprint density at radius 1 is 1.30 bits per heavy atom. The Morgan fingerprint density at radius 3 is 2.65 bits per heavy atom. The van der Waals surface area contributed by atoms with E-state index in [-0.39, 0.29) is 23.1 Å². The Kier molecular flexibility index (Phi) is 3.90. The molecule has 0 saturated carbocycles. The summed E-state index contributed by atoms with van der Waals surface area (Å²) >= 11 is 0. The quantitative estimate of drug-likeness (QED) is 0.501. The van der Waals surface area contributed by atoms with Crippen LogP contribution in [0.1, 0.15) is 18.6 Å². The van der Waals surface area contributed by atoms with Crippen LogP contribution >= 0.6 is 0 Å². The second-order valence-electron chi connectivity index (χ2n) is 4.23. The van der Waals surface area contributed by atoms with E-state index in [2.05, 4.69) is 10.4 Å². The van der Waals surface area contributed by atoms with Crippen LogP contribution in [0.25, 0.3) is 0 Å². The van der Waals surface area contributed by atoms with E-state index in [0.29, 0.717) is 11.3 Å². The molecule has 1 unspecified atom stereocenters. The first-order valence-corrected chi connectivity index (χ1v) is 5.96. The summed E-state index contributed by atoms with van der Waals surface area (Å²) in [5, 5.41) is 0. The van der Waals surface area contributed by atoms with Crippen LogP contribution in [0.2, 0.25) is 0 Å². The molecule has 7 heteroatoms. The number of hydrogen-bond donors (Lipinski definition) is 4. The molecule has 1 atom stereocenters. The molecule has 2 aromatic rings. The number of nitrogen functional groups attached to an aromatic ring is 3. The van der Waals surface area contributed by atoms with Gasteiger partial charge in [0.2, 0.25) is 0 Å². The lowest BCUT2D eigenvalue weighted by molar-refractivity contribution is 0.223. The monoisotopic (exact) mass is 277 g/mol. The van der Waals surface area contributed by atoms with Gasteiger partial charge in [-0.1, -0.05) is 18.2 Å². The van der Waals surface area contributed by atoms with Crippen LogP contribution in [0.4, 0.5) is 21.7 Å². The van der Waals surface area contributed by atoms with E-state index in [1.54, 1.807) is 25.1 Å². The van der Waals surface area contributed by atoms with Crippen molar-refractivity contribution in [3.8, 4) is 5.75 Å². The van der Waals surface area contributed by atoms with Gasteiger partial charge < -0.3 is 21.6 Å². The van der Waals surface area contributed by atoms with Gasteiger partial charge in [0.05, 0.1) is 0 Å². The molecule has 1 aromatic heterocycles. The molecule has 0 aliphatic rings. The molecule has 1 heterocycles. The van der Waals surface area contributed by atoms with Gasteiger partial charge in [0.15, 0.2) is 11.6 Å². The maximum atomic E-state index is 13.7. The molecule has 2 rings (SSSR count). The van der Waals surface area contributed by atoms with E-state index in [1.807, 2.05) is 0 Å². The van der Waals surface area contributed by atoms with Gasteiger partial charge in [0.1, 0.15) is 23.4 Å². The molecular formula is C13H16FN5O. The van der Waals surface area contributed by atoms with Crippen LogP contribution in [0.3, 0.4) is 0 Å². The van der Waals surface area contributed by atoms with Crippen molar-refractivity contribution in [1.82, 2.24) is 4.98 Å². The van der Waals surface area contributed by atoms with Crippen molar-refractivity contribution in [1.29, 1.82) is 0 Å². The number of nitrogens with one attached hydrogen (secondary N) is 1. The van der Waals surface area contributed by atoms with Crippen molar-refractivity contribution in [3.05, 3.63) is 41.7 Å². The Bertz CT molecular complexity index is 620. The molecule has 0 fully saturated rings. The molecule has 0 amide bonds. The SMILES string of the molecule is CC(Oc1cc(N)nc(NN)c1N)c1ccccc1F. The van der Waals surface area contributed by atoms with Crippen molar-refractivity contribution >= 4 is 17.3 Å². The van der Waals surface area contributed by atoms with Gasteiger partial charge in [-0.3, -0.25) is 0 Å². The largest absolute Gasteiger partial charge is 0.483 e. The summed E-state index contributed by atoms with van der Waals surface area (Å²) in [4.78, 5) is 3.91. The summed E-state index contributed by atoms with van der Waals surface area (Å²) in [6.07, 6.45) is -0.536. The molecule has 6 nitrogen and oxygen atoms in total. The predicted octanol–water partition coefficient (Wildman–Crippen LogP) is 1.81. The number of aromatic nitrogens is 1. The summed E-state index contributed by atoms with van der Waals surface area (Å²) in [6, 6.07) is 7.82. The second kappa shape index (κ2) is 5.62. The third-order valence-corrected chi connectivity index (χ3v) is 2.82. The van der Waals surface area contributed by atoms with Crippen LogP contribution in [0.5, 0.6) is 5.75 Å². The number of ether oxygens (including phenoxy) is 1. The van der Waals surface area contributed by atoms with Crippen LogP contribution in [0.15, 0.2) is 30.3 Å². The molecule has 7 N–H and O–H groups in total. The number of nitrogens with two attached hydrogens (primary N) is 3. The molecule has 0 aliphatic carbocycles. The summed E-state index contributed by atoms with van der Waals surface area (Å²) in [7, 11) is 0. The molecule has 0 aliphatic heterocycles. The molecule has 0 bridgehead atoms. The molecule has 0 radical (unpaired) electrons. The fourth-order valence-corrected chi connectivity index (χ4v) is 1.82. The molecular weight excluding hydrogens is 261 g/mol. The Balaban J connectivity index is 2.30. The third kappa shape index (κ3) is 2.72. The maximum Gasteiger partial charge on any atom is 0.169 e. The number of pyridine rings is 1. The van der Waals surface area contributed by atoms with Crippen LogP contribution in [-0.2, 0) is 0 Å². The normalized spacial score (nSPS) is 11.9. The average Bonchev–Trinajstić information content (AvgIpc) is 2.42. The highest BCUT2D eigenvalue weighted by Crippen LogP contribution is 2.33. The van der Waals surface area contributed by atoms with Crippen LogP contribution in [0, 0.1) is 5.82 Å². The first kappa shape index (κ1) is 13.9. The van der Waals surface area contributed by atoms with E-state index < -0.39 is 6.10 Å². The number of halogens is 1. The molecule has 0 saturated heterocycles. The minimum Gasteiger partial charge on any atom is -0.483 e. The Hall–Kier alpha value is -2.54. The van der Waals surface area contributed by atoms with E-state index in [9.17, 15) is 4.39 Å². The lowest BCUT2D eigenvalue weighted by atomic mass is 10.1. The molecule has 20 heavy (non-hydrogen) atoms. The lowest BCUT2D eigenvalue weighted by Gasteiger charge is -2.18. The van der Waals surface area contributed by atoms with Crippen molar-refractivity contribution in [2.45, 2.75) is 13.0 Å². The fraction of sp³-hybridized carbons (Fsp3) is 0.154. The minimum absolute atomic E-state index is 0.197. The van der Waals surface area contributed by atoms with Gasteiger partial charge in [-0.25, -0.2) is 15.2 Å². The summed E-state index contributed by atoms with van der Waals surface area (Å²) in [6.45, 7) is 1.71. The van der Waals surface area contributed by atoms with Crippen LogP contribution < -0.4 is 27.5 Å². The fourth-order valence-electron chi connectivity index (χ4n) is 1.82. The van der Waals surface area contributed by atoms with Gasteiger partial charge >= 0.3 is 0 Å². The summed E-state index contributed by atoms with van der Waals surface area (Å²) in [5.41, 5.74) is 14.4. The first-order valence-electron chi connectivity index (χ1n) is 5.96. The highest BCUT2D eigenvalue weighted by Gasteiger charge is 2.16. The Labute approximate surface area is 115 Å². The zero-order valence-corrected chi connectivity index (χ0v) is 10.9. The van der Waals surface area contributed by atoms with E-state index in [4.69, 9.17) is 22.0 Å². The summed E-state index contributed by atoms with van der Waals surface area (Å²) in [5.74, 6) is 5.64. The second-order valence-corrected chi connectivity index (χ2v) is 4.23. The number of hydrazine groups is 1. The number of benzene rings is 1. The number of rotatable bonds is 4. The third-order valence-electron chi connectivity index (χ3n) is 2.82. The highest BCUT2D eigenvalue weighted by molar-refractivity contribution is 5.71. The van der Waals surface area contributed by atoms with Gasteiger partial charge in [-0.15, -0.1) is 0 Å². The van der Waals surface area contributed by atoms with Crippen molar-refractivity contribution in [3.63, 3.8) is 0 Å². The highest BCUT2D eigenvalue weighted by atomic mass is 19.1. The minimum atomic E-state index is -0.536. The number of hydrogen-bond acceptors (Lipinski definition) is 6. The first-order chi connectivity index (χ1) is 9.52. The smallest absolute Gasteiger partial charge is 0.169 e. The molecule has 0 spiro atoms. The summed E-state index contributed by atoms with van der Waals surface area (Å²) < 4.78 is 19.3. The topological polar surface area (TPSA) is 112 Å². The number of anilines is 3. The van der Waals surface area contributed by atoms with Crippen molar-refractivity contribution < 1.29 is 9.13 Å². The molecule has 106 valence electrons. The van der Waals surface area contributed by atoms with Crippen LogP contribution in [-0.4, -0.2) is 4.98 Å². The predicted molar refractivity (Wildman–Crippen MR) is 76.3 cm³/mol. The van der Waals surface area contributed by atoms with E-state index in [1.165, 1.54) is 12.1 Å². The van der Waals surface area contributed by atoms with Gasteiger partial charge in [0, 0.05) is 11.6 Å². The van der Waals surface area contributed by atoms with E-state index >= 15 is 0 Å². The molecule has 1 aromatic carbocycles. The van der Waals surface area contributed by atoms with E-state index in [0.717, 1.165) is 0 Å². The standard InChI is InChI=1S/C13H16FN5O/c1-7(8-4-2-3-5-9(8)14)20-10-6-11(15)18-13(19-17)12(10)16/h2-7H,16-17H2,1H3,(H3,15,18,19). The van der Waals surface area contributed by atoms with Gasteiger partial charge in [-0.05, 0) is 13.0 Å². The Morgan fingerprint density at radius 2 is 2.00 bits per heavy atom. The lowest BCUT2D eigenvalue weighted by Crippen LogP contribution is -2.14. The van der Waals surface area contributed by atoms with Gasteiger partial charge in [-0.2, -0.15) is 0 Å². The average molecular weight is 277 g/mol. The van der Waals surface area contributed by atoms with Crippen molar-refractivity contribution in [2.24, 2.45) is 5.84 Å². The maximum absolute atomic E-state index is 13.7. The van der Waals surface area contributed by atoms with Gasteiger partial charge in [0.25, 0.3) is 0 Å².